The molecule has 40 heavy (non-hydrogen) atoms. The van der Waals surface area contributed by atoms with Gasteiger partial charge in [-0.3, -0.25) is 9.59 Å². The minimum absolute atomic E-state index is 0.00840. The lowest BCUT2D eigenvalue weighted by Crippen LogP contribution is -2.50. The number of sulfonamides is 1. The van der Waals surface area contributed by atoms with Crippen molar-refractivity contribution in [3.8, 4) is 5.75 Å². The van der Waals surface area contributed by atoms with E-state index in [0.717, 1.165) is 0 Å². The van der Waals surface area contributed by atoms with Crippen LogP contribution in [0.15, 0.2) is 53.7 Å². The summed E-state index contributed by atoms with van der Waals surface area (Å²) >= 11 is 5.92. The molecule has 0 aliphatic carbocycles. The second-order valence-electron chi connectivity index (χ2n) is 9.63. The third kappa shape index (κ3) is 6.58. The molecule has 2 heterocycles. The zero-order valence-electron chi connectivity index (χ0n) is 22.1. The molecule has 4 rings (SSSR count). The molecule has 0 spiro atoms. The van der Waals surface area contributed by atoms with Crippen LogP contribution >= 0.6 is 11.6 Å². The highest BCUT2D eigenvalue weighted by Gasteiger charge is 2.35. The van der Waals surface area contributed by atoms with Gasteiger partial charge in [-0.15, -0.1) is 5.10 Å². The number of carbonyl (C=O) groups is 2. The molecule has 0 bridgehead atoms. The lowest BCUT2D eigenvalue weighted by Gasteiger charge is -2.38. The quantitative estimate of drug-likeness (QED) is 0.376. The Bertz CT molecular complexity index is 1450. The van der Waals surface area contributed by atoms with E-state index in [-0.39, 0.29) is 54.3 Å². The number of tetrazole rings is 1. The van der Waals surface area contributed by atoms with Gasteiger partial charge < -0.3 is 20.1 Å². The number of anilines is 1. The molecule has 2 aromatic carbocycles. The van der Waals surface area contributed by atoms with E-state index < -0.39 is 28.1 Å². The molecular formula is C25H30ClN7O6S. The van der Waals surface area contributed by atoms with E-state index in [1.165, 1.54) is 57.6 Å². The molecule has 0 radical (unpaired) electrons. The monoisotopic (exact) mass is 591 g/mol. The third-order valence-corrected chi connectivity index (χ3v) is 8.69. The molecule has 15 heteroatoms. The highest BCUT2D eigenvalue weighted by Crippen LogP contribution is 2.31. The maximum atomic E-state index is 13.6. The predicted octanol–water partition coefficient (Wildman–Crippen LogP) is 1.51. The number of hydrogen-bond acceptors (Lipinski definition) is 9. The number of aliphatic hydroxyl groups is 1. The fraction of sp³-hybridized carbons (Fsp3) is 0.400. The first-order valence-corrected chi connectivity index (χ1v) is 14.3. The number of aromatic nitrogens is 4. The van der Waals surface area contributed by atoms with Crippen molar-refractivity contribution in [3.05, 3.63) is 59.4 Å². The Morgan fingerprint density at radius 2 is 2.00 bits per heavy atom. The summed E-state index contributed by atoms with van der Waals surface area (Å²) in [6.45, 7) is 3.37. The molecule has 2 amide bonds. The summed E-state index contributed by atoms with van der Waals surface area (Å²) in [4.78, 5) is 27.7. The molecule has 214 valence electrons. The van der Waals surface area contributed by atoms with Gasteiger partial charge in [-0.05, 0) is 59.8 Å². The first-order chi connectivity index (χ1) is 19.0. The standard InChI is InChI=1S/C25H30ClN7O6S/c1-16-11-33(17(2)14-34)25(36)21-10-19(28-24(35)13-32-15-27-29-30-32)6-9-22(21)39-23(16)12-31(3)40(37,38)20-7-4-18(26)5-8-20/h4-10,15-17,23,34H,11-14H2,1-3H3,(H,28,35)/t16-,17+,23-/m0/s1. The first-order valence-electron chi connectivity index (χ1n) is 12.4. The summed E-state index contributed by atoms with van der Waals surface area (Å²) in [5, 5.41) is 23.6. The van der Waals surface area contributed by atoms with E-state index >= 15 is 0 Å². The van der Waals surface area contributed by atoms with Crippen molar-refractivity contribution in [3.63, 3.8) is 0 Å². The highest BCUT2D eigenvalue weighted by atomic mass is 35.5. The van der Waals surface area contributed by atoms with Gasteiger partial charge in [-0.1, -0.05) is 18.5 Å². The molecule has 1 aromatic heterocycles. The number of aliphatic hydroxyl groups excluding tert-OH is 1. The Hall–Kier alpha value is -3.59. The van der Waals surface area contributed by atoms with Gasteiger partial charge in [0.25, 0.3) is 5.91 Å². The van der Waals surface area contributed by atoms with Crippen LogP contribution in [0.1, 0.15) is 24.2 Å². The number of likely N-dealkylation sites (N-methyl/N-ethyl adjacent to an activating group) is 1. The maximum absolute atomic E-state index is 13.6. The molecule has 13 nitrogen and oxygen atoms in total. The highest BCUT2D eigenvalue weighted by molar-refractivity contribution is 7.89. The van der Waals surface area contributed by atoms with Gasteiger partial charge in [0.15, 0.2) is 0 Å². The number of carbonyl (C=O) groups excluding carboxylic acids is 2. The molecule has 3 atom stereocenters. The van der Waals surface area contributed by atoms with Gasteiger partial charge in [-0.25, -0.2) is 13.1 Å². The Kier molecular flexibility index (Phi) is 9.03. The molecule has 3 aromatic rings. The number of halogens is 1. The second kappa shape index (κ2) is 12.3. The lowest BCUT2D eigenvalue weighted by atomic mass is 9.99. The van der Waals surface area contributed by atoms with Gasteiger partial charge in [0, 0.05) is 30.2 Å². The van der Waals surface area contributed by atoms with Crippen molar-refractivity contribution in [2.75, 3.05) is 32.1 Å². The van der Waals surface area contributed by atoms with Gasteiger partial charge in [0.2, 0.25) is 15.9 Å². The summed E-state index contributed by atoms with van der Waals surface area (Å²) < 4.78 is 35.2. The largest absolute Gasteiger partial charge is 0.488 e. The van der Waals surface area contributed by atoms with Crippen molar-refractivity contribution in [2.24, 2.45) is 5.92 Å². The van der Waals surface area contributed by atoms with Crippen LogP contribution < -0.4 is 10.1 Å². The minimum Gasteiger partial charge on any atom is -0.488 e. The number of ether oxygens (including phenoxy) is 1. The lowest BCUT2D eigenvalue weighted by molar-refractivity contribution is -0.116. The first kappa shape index (κ1) is 29.4. The van der Waals surface area contributed by atoms with E-state index in [2.05, 4.69) is 20.8 Å². The van der Waals surface area contributed by atoms with E-state index in [4.69, 9.17) is 16.3 Å². The zero-order chi connectivity index (χ0) is 29.0. The number of benzene rings is 2. The number of nitrogens with one attached hydrogen (secondary N) is 1. The summed E-state index contributed by atoms with van der Waals surface area (Å²) in [6.07, 6.45) is 0.657. The van der Waals surface area contributed by atoms with Crippen molar-refractivity contribution < 1.29 is 27.9 Å². The number of hydrogen-bond donors (Lipinski definition) is 2. The molecule has 1 aliphatic rings. The van der Waals surface area contributed by atoms with Crippen LogP contribution in [0.2, 0.25) is 5.02 Å². The molecule has 1 aliphatic heterocycles. The van der Waals surface area contributed by atoms with Gasteiger partial charge in [0.1, 0.15) is 24.7 Å². The third-order valence-electron chi connectivity index (χ3n) is 6.60. The maximum Gasteiger partial charge on any atom is 0.258 e. The van der Waals surface area contributed by atoms with Crippen molar-refractivity contribution in [2.45, 2.75) is 37.4 Å². The smallest absolute Gasteiger partial charge is 0.258 e. The Morgan fingerprint density at radius 3 is 2.65 bits per heavy atom. The Morgan fingerprint density at radius 1 is 1.27 bits per heavy atom. The topological polar surface area (TPSA) is 160 Å². The second-order valence-corrected chi connectivity index (χ2v) is 12.1. The van der Waals surface area contributed by atoms with E-state index in [9.17, 15) is 23.1 Å². The molecule has 2 N–H and O–H groups in total. The summed E-state index contributed by atoms with van der Waals surface area (Å²) in [7, 11) is -2.39. The summed E-state index contributed by atoms with van der Waals surface area (Å²) in [5.41, 5.74) is 0.513. The minimum atomic E-state index is -3.85. The fourth-order valence-corrected chi connectivity index (χ4v) is 5.57. The summed E-state index contributed by atoms with van der Waals surface area (Å²) in [6, 6.07) is 10.00. The van der Waals surface area contributed by atoms with Crippen LogP contribution in [-0.2, 0) is 21.4 Å². The van der Waals surface area contributed by atoms with E-state index in [0.29, 0.717) is 10.7 Å². The molecule has 0 unspecified atom stereocenters. The Labute approximate surface area is 236 Å². The average Bonchev–Trinajstić information content (AvgIpc) is 3.43. The fourth-order valence-electron chi connectivity index (χ4n) is 4.26. The predicted molar refractivity (Wildman–Crippen MR) is 145 cm³/mol. The SMILES string of the molecule is C[C@H](CO)N1C[C@H](C)[C@H](CN(C)S(=O)(=O)c2ccc(Cl)cc2)Oc2ccc(NC(=O)Cn3cnnn3)cc2C1=O. The number of rotatable bonds is 9. The van der Waals surface area contributed by atoms with Crippen molar-refractivity contribution >= 4 is 39.1 Å². The van der Waals surface area contributed by atoms with E-state index in [1.54, 1.807) is 19.1 Å². The number of nitrogens with zero attached hydrogens (tertiary/aromatic N) is 6. The molecule has 0 saturated heterocycles. The molecular weight excluding hydrogens is 562 g/mol. The van der Waals surface area contributed by atoms with Crippen LogP contribution in [0.4, 0.5) is 5.69 Å². The van der Waals surface area contributed by atoms with Crippen LogP contribution in [0.25, 0.3) is 0 Å². The Balaban J connectivity index is 1.62. The van der Waals surface area contributed by atoms with Crippen molar-refractivity contribution in [1.82, 2.24) is 29.4 Å². The van der Waals surface area contributed by atoms with Crippen LogP contribution in [0.5, 0.6) is 5.75 Å². The normalized spacial score (nSPS) is 18.4. The van der Waals surface area contributed by atoms with Crippen LogP contribution in [-0.4, -0.2) is 93.6 Å². The average molecular weight is 592 g/mol. The van der Waals surface area contributed by atoms with Gasteiger partial charge in [-0.2, -0.15) is 4.31 Å². The molecule has 0 fully saturated rings. The van der Waals surface area contributed by atoms with Crippen LogP contribution in [0.3, 0.4) is 0 Å². The van der Waals surface area contributed by atoms with Gasteiger partial charge >= 0.3 is 0 Å². The van der Waals surface area contributed by atoms with Gasteiger partial charge in [0.05, 0.1) is 29.7 Å². The summed E-state index contributed by atoms with van der Waals surface area (Å²) in [5.74, 6) is -0.870. The van der Waals surface area contributed by atoms with Crippen LogP contribution in [0, 0.1) is 5.92 Å². The molecule has 0 saturated carbocycles. The zero-order valence-corrected chi connectivity index (χ0v) is 23.7. The number of amides is 2. The number of fused-ring (bicyclic) bond motifs is 1. The van der Waals surface area contributed by atoms with Crippen molar-refractivity contribution in [1.29, 1.82) is 0 Å². The van der Waals surface area contributed by atoms with E-state index in [1.807, 2.05) is 6.92 Å².